The molecule has 0 radical (unpaired) electrons. The van der Waals surface area contributed by atoms with E-state index in [1.54, 1.807) is 0 Å². The molecule has 0 atom stereocenters. The number of carbonyl (C=O) groups excluding carboxylic acids is 1. The molecule has 2 rings (SSSR count). The molecule has 0 N–H and O–H groups in total. The van der Waals surface area contributed by atoms with Crippen molar-refractivity contribution in [3.63, 3.8) is 0 Å². The summed E-state index contributed by atoms with van der Waals surface area (Å²) in [4.78, 5) is 17.7. The molecule has 0 saturated carbocycles. The molecular weight excluding hydrogens is 256 g/mol. The first-order chi connectivity index (χ1) is 7.24. The summed E-state index contributed by atoms with van der Waals surface area (Å²) in [5.74, 6) is 0.384. The van der Waals surface area contributed by atoms with Crippen LogP contribution in [0.3, 0.4) is 0 Å². The summed E-state index contributed by atoms with van der Waals surface area (Å²) < 4.78 is 1.00. The van der Waals surface area contributed by atoms with Crippen molar-refractivity contribution in [2.75, 3.05) is 13.1 Å². The molecule has 0 amide bonds. The smallest absolute Gasteiger partial charge is 0.135 e. The average molecular weight is 269 g/mol. The number of hydrogen-bond donors (Lipinski definition) is 0. The second kappa shape index (κ2) is 4.86. The van der Waals surface area contributed by atoms with E-state index in [1.165, 1.54) is 0 Å². The highest BCUT2D eigenvalue weighted by atomic mass is 79.9. The van der Waals surface area contributed by atoms with Gasteiger partial charge >= 0.3 is 0 Å². The van der Waals surface area contributed by atoms with Gasteiger partial charge in [-0.05, 0) is 28.1 Å². The van der Waals surface area contributed by atoms with Crippen molar-refractivity contribution in [2.45, 2.75) is 19.4 Å². The standard InChI is InChI=1S/C11H13BrN2O/c12-9-1-2-10(13-7-9)8-14-5-3-11(15)4-6-14/h1-2,7H,3-6,8H2. The highest BCUT2D eigenvalue weighted by Gasteiger charge is 2.16. The Morgan fingerprint density at radius 2 is 2.07 bits per heavy atom. The molecule has 1 fully saturated rings. The van der Waals surface area contributed by atoms with Gasteiger partial charge in [0.05, 0.1) is 5.69 Å². The van der Waals surface area contributed by atoms with Crippen molar-refractivity contribution < 1.29 is 4.79 Å². The highest BCUT2D eigenvalue weighted by molar-refractivity contribution is 9.10. The van der Waals surface area contributed by atoms with Crippen LogP contribution in [0.2, 0.25) is 0 Å². The van der Waals surface area contributed by atoms with E-state index in [-0.39, 0.29) is 0 Å². The molecule has 4 heteroatoms. The number of piperidine rings is 1. The van der Waals surface area contributed by atoms with Crippen LogP contribution in [0.15, 0.2) is 22.8 Å². The van der Waals surface area contributed by atoms with Gasteiger partial charge in [-0.1, -0.05) is 0 Å². The zero-order chi connectivity index (χ0) is 10.7. The largest absolute Gasteiger partial charge is 0.300 e. The molecule has 1 aromatic heterocycles. The lowest BCUT2D eigenvalue weighted by Gasteiger charge is -2.25. The maximum Gasteiger partial charge on any atom is 0.135 e. The number of aromatic nitrogens is 1. The predicted molar refractivity (Wildman–Crippen MR) is 61.5 cm³/mol. The van der Waals surface area contributed by atoms with E-state index >= 15 is 0 Å². The Morgan fingerprint density at radius 1 is 1.33 bits per heavy atom. The van der Waals surface area contributed by atoms with Crippen molar-refractivity contribution in [1.82, 2.24) is 9.88 Å². The van der Waals surface area contributed by atoms with Crippen LogP contribution in [0.4, 0.5) is 0 Å². The first-order valence-electron chi connectivity index (χ1n) is 5.08. The van der Waals surface area contributed by atoms with E-state index < -0.39 is 0 Å². The van der Waals surface area contributed by atoms with Crippen molar-refractivity contribution >= 4 is 21.7 Å². The Morgan fingerprint density at radius 3 is 2.67 bits per heavy atom. The fourth-order valence-corrected chi connectivity index (χ4v) is 1.92. The van der Waals surface area contributed by atoms with Crippen molar-refractivity contribution in [1.29, 1.82) is 0 Å². The normalized spacial score (nSPS) is 18.1. The monoisotopic (exact) mass is 268 g/mol. The van der Waals surface area contributed by atoms with Crippen molar-refractivity contribution in [3.05, 3.63) is 28.5 Å². The van der Waals surface area contributed by atoms with Gasteiger partial charge in [-0.25, -0.2) is 0 Å². The Hall–Kier alpha value is -0.740. The Labute approximate surface area is 97.6 Å². The van der Waals surface area contributed by atoms with Crippen LogP contribution in [0.1, 0.15) is 18.5 Å². The third-order valence-corrected chi connectivity index (χ3v) is 3.06. The molecule has 0 spiro atoms. The number of nitrogens with zero attached hydrogens (tertiary/aromatic N) is 2. The van der Waals surface area contributed by atoms with Crippen LogP contribution in [0.25, 0.3) is 0 Å². The van der Waals surface area contributed by atoms with Crippen LogP contribution < -0.4 is 0 Å². The summed E-state index contributed by atoms with van der Waals surface area (Å²) in [6.07, 6.45) is 3.19. The summed E-state index contributed by atoms with van der Waals surface area (Å²) in [7, 11) is 0. The van der Waals surface area contributed by atoms with Gasteiger partial charge in [0.2, 0.25) is 0 Å². The number of Topliss-reactive ketones (excluding diaryl/α,β-unsaturated/α-hetero) is 1. The maximum atomic E-state index is 11.1. The van der Waals surface area contributed by atoms with E-state index in [4.69, 9.17) is 0 Å². The summed E-state index contributed by atoms with van der Waals surface area (Å²) in [6.45, 7) is 2.59. The molecule has 80 valence electrons. The lowest BCUT2D eigenvalue weighted by atomic mass is 10.1. The topological polar surface area (TPSA) is 33.2 Å². The number of ketones is 1. The zero-order valence-corrected chi connectivity index (χ0v) is 10.0. The van der Waals surface area contributed by atoms with E-state index in [0.717, 1.165) is 29.8 Å². The molecule has 1 aliphatic heterocycles. The fraction of sp³-hybridized carbons (Fsp3) is 0.455. The second-order valence-electron chi connectivity index (χ2n) is 3.78. The van der Waals surface area contributed by atoms with Gasteiger partial charge in [0.15, 0.2) is 0 Å². The van der Waals surface area contributed by atoms with Gasteiger partial charge in [-0.3, -0.25) is 14.7 Å². The van der Waals surface area contributed by atoms with E-state index in [0.29, 0.717) is 18.6 Å². The minimum atomic E-state index is 0.384. The van der Waals surface area contributed by atoms with Gasteiger partial charge in [0.25, 0.3) is 0 Å². The van der Waals surface area contributed by atoms with E-state index in [1.807, 2.05) is 18.3 Å². The first kappa shape index (κ1) is 10.8. The molecule has 1 saturated heterocycles. The van der Waals surface area contributed by atoms with Gasteiger partial charge in [-0.15, -0.1) is 0 Å². The number of pyridine rings is 1. The number of rotatable bonds is 2. The average Bonchev–Trinajstić information content (AvgIpc) is 2.25. The zero-order valence-electron chi connectivity index (χ0n) is 8.45. The number of likely N-dealkylation sites (tertiary alicyclic amines) is 1. The first-order valence-corrected chi connectivity index (χ1v) is 5.88. The number of carbonyl (C=O) groups is 1. The van der Waals surface area contributed by atoms with Crippen LogP contribution in [0.5, 0.6) is 0 Å². The molecule has 1 aliphatic rings. The molecule has 1 aromatic rings. The SMILES string of the molecule is O=C1CCN(Cc2ccc(Br)cn2)CC1. The maximum absolute atomic E-state index is 11.1. The second-order valence-corrected chi connectivity index (χ2v) is 4.70. The van der Waals surface area contributed by atoms with Crippen LogP contribution in [-0.4, -0.2) is 28.8 Å². The Bertz CT molecular complexity index is 340. The van der Waals surface area contributed by atoms with Gasteiger partial charge in [-0.2, -0.15) is 0 Å². The molecule has 2 heterocycles. The summed E-state index contributed by atoms with van der Waals surface area (Å²) in [6, 6.07) is 4.01. The number of hydrogen-bond acceptors (Lipinski definition) is 3. The van der Waals surface area contributed by atoms with E-state index in [2.05, 4.69) is 25.8 Å². The van der Waals surface area contributed by atoms with Crippen molar-refractivity contribution in [3.8, 4) is 0 Å². The minimum absolute atomic E-state index is 0.384. The molecule has 0 aliphatic carbocycles. The number of halogens is 1. The van der Waals surface area contributed by atoms with Gasteiger partial charge in [0, 0.05) is 43.1 Å². The molecule has 0 bridgehead atoms. The minimum Gasteiger partial charge on any atom is -0.300 e. The molecular formula is C11H13BrN2O. The molecule has 0 aromatic carbocycles. The third-order valence-electron chi connectivity index (χ3n) is 2.59. The van der Waals surface area contributed by atoms with Crippen LogP contribution >= 0.6 is 15.9 Å². The molecule has 0 unspecified atom stereocenters. The van der Waals surface area contributed by atoms with Gasteiger partial charge < -0.3 is 0 Å². The lowest BCUT2D eigenvalue weighted by Crippen LogP contribution is -2.33. The predicted octanol–water partition coefficient (Wildman–Crippen LogP) is 2.01. The highest BCUT2D eigenvalue weighted by Crippen LogP contribution is 2.12. The van der Waals surface area contributed by atoms with Crippen molar-refractivity contribution in [2.24, 2.45) is 0 Å². The summed E-state index contributed by atoms with van der Waals surface area (Å²) >= 11 is 3.36. The van der Waals surface area contributed by atoms with Crippen LogP contribution in [-0.2, 0) is 11.3 Å². The lowest BCUT2D eigenvalue weighted by molar-refractivity contribution is -0.121. The summed E-state index contributed by atoms with van der Waals surface area (Å²) in [5.41, 5.74) is 1.06. The van der Waals surface area contributed by atoms with E-state index in [9.17, 15) is 4.79 Å². The third kappa shape index (κ3) is 3.11. The molecule has 3 nitrogen and oxygen atoms in total. The fourth-order valence-electron chi connectivity index (χ4n) is 1.69. The Balaban J connectivity index is 1.91. The van der Waals surface area contributed by atoms with Crippen LogP contribution in [0, 0.1) is 0 Å². The summed E-state index contributed by atoms with van der Waals surface area (Å²) in [5, 5.41) is 0. The molecule has 15 heavy (non-hydrogen) atoms. The van der Waals surface area contributed by atoms with Gasteiger partial charge in [0.1, 0.15) is 5.78 Å². The quantitative estimate of drug-likeness (QED) is 0.823. The Kier molecular flexibility index (Phi) is 3.49.